The van der Waals surface area contributed by atoms with Crippen LogP contribution >= 0.6 is 22.9 Å². The highest BCUT2D eigenvalue weighted by Crippen LogP contribution is 2.27. The minimum atomic E-state index is -4.63. The van der Waals surface area contributed by atoms with Gasteiger partial charge in [0.25, 0.3) is 11.8 Å². The molecule has 0 saturated carbocycles. The van der Waals surface area contributed by atoms with Gasteiger partial charge in [0.1, 0.15) is 13.1 Å². The van der Waals surface area contributed by atoms with Crippen molar-refractivity contribution in [1.29, 1.82) is 0 Å². The molecule has 2 aliphatic rings. The summed E-state index contributed by atoms with van der Waals surface area (Å²) in [4.78, 5) is 39.9. The molecule has 0 aliphatic carbocycles. The number of amides is 4. The van der Waals surface area contributed by atoms with Gasteiger partial charge in [-0.1, -0.05) is 11.6 Å². The van der Waals surface area contributed by atoms with E-state index in [2.05, 4.69) is 0 Å². The lowest BCUT2D eigenvalue weighted by Gasteiger charge is -2.36. The largest absolute Gasteiger partial charge is 0.406 e. The van der Waals surface area contributed by atoms with Crippen molar-refractivity contribution in [3.8, 4) is 0 Å². The predicted octanol–water partition coefficient (Wildman–Crippen LogP) is 2.83. The number of piperidine rings is 1. The van der Waals surface area contributed by atoms with E-state index in [0.29, 0.717) is 35.1 Å². The number of alkyl halides is 3. The van der Waals surface area contributed by atoms with E-state index < -0.39 is 24.7 Å². The zero-order chi connectivity index (χ0) is 19.1. The first-order valence-electron chi connectivity index (χ1n) is 7.88. The number of hydrogen-bond donors (Lipinski definition) is 0. The molecular weight excluding hydrogens is 395 g/mol. The van der Waals surface area contributed by atoms with Crippen LogP contribution < -0.4 is 0 Å². The average Bonchev–Trinajstić information content (AvgIpc) is 3.12. The monoisotopic (exact) mass is 409 g/mol. The van der Waals surface area contributed by atoms with Gasteiger partial charge < -0.3 is 9.80 Å². The van der Waals surface area contributed by atoms with Crippen LogP contribution in [0.2, 0.25) is 4.34 Å². The van der Waals surface area contributed by atoms with Gasteiger partial charge >= 0.3 is 12.2 Å². The fourth-order valence-corrected chi connectivity index (χ4v) is 4.16. The predicted molar refractivity (Wildman–Crippen MR) is 88.1 cm³/mol. The summed E-state index contributed by atoms with van der Waals surface area (Å²) < 4.78 is 38.0. The molecule has 0 aromatic carbocycles. The fourth-order valence-electron chi connectivity index (χ4n) is 3.15. The Hall–Kier alpha value is -1.81. The van der Waals surface area contributed by atoms with Gasteiger partial charge in [-0.25, -0.2) is 4.79 Å². The molecule has 0 unspecified atom stereocenters. The molecule has 3 heterocycles. The van der Waals surface area contributed by atoms with Gasteiger partial charge in [0.2, 0.25) is 0 Å². The van der Waals surface area contributed by atoms with Crippen molar-refractivity contribution in [2.24, 2.45) is 0 Å². The van der Waals surface area contributed by atoms with E-state index in [1.165, 1.54) is 16.2 Å². The number of carbonyl (C=O) groups is 3. The Bertz CT molecular complexity index is 731. The molecule has 1 aromatic rings. The summed E-state index contributed by atoms with van der Waals surface area (Å²) in [5.74, 6) is -1.01. The summed E-state index contributed by atoms with van der Waals surface area (Å²) in [6.45, 7) is -1.21. The van der Waals surface area contributed by atoms with Crippen LogP contribution in [0.1, 0.15) is 22.5 Å². The van der Waals surface area contributed by atoms with Crippen LogP contribution in [-0.4, -0.2) is 70.9 Å². The second kappa shape index (κ2) is 7.07. The van der Waals surface area contributed by atoms with Crippen molar-refractivity contribution >= 4 is 40.8 Å². The number of imide groups is 1. The van der Waals surface area contributed by atoms with Crippen molar-refractivity contribution in [3.05, 3.63) is 21.3 Å². The number of hydrogen-bond acceptors (Lipinski definition) is 4. The third kappa shape index (κ3) is 3.96. The second-order valence-electron chi connectivity index (χ2n) is 6.13. The highest BCUT2D eigenvalue weighted by molar-refractivity contribution is 7.17. The van der Waals surface area contributed by atoms with E-state index in [1.807, 2.05) is 0 Å². The van der Waals surface area contributed by atoms with Crippen LogP contribution in [0, 0.1) is 0 Å². The molecule has 0 spiro atoms. The Labute approximate surface area is 156 Å². The van der Waals surface area contributed by atoms with Gasteiger partial charge in [-0.2, -0.15) is 13.2 Å². The molecule has 11 heteroatoms. The van der Waals surface area contributed by atoms with Crippen LogP contribution in [0.3, 0.4) is 0 Å². The maximum atomic E-state index is 12.5. The van der Waals surface area contributed by atoms with Gasteiger partial charge in [0, 0.05) is 19.1 Å². The first-order valence-corrected chi connectivity index (χ1v) is 9.07. The molecule has 2 saturated heterocycles. The number of thiophene rings is 1. The molecule has 4 amide bonds. The lowest BCUT2D eigenvalue weighted by molar-refractivity contribution is -0.151. The van der Waals surface area contributed by atoms with E-state index in [-0.39, 0.29) is 23.4 Å². The summed E-state index contributed by atoms with van der Waals surface area (Å²) in [6, 6.07) is 2.00. The number of halogens is 4. The van der Waals surface area contributed by atoms with Crippen LogP contribution in [-0.2, 0) is 4.79 Å². The quantitative estimate of drug-likeness (QED) is 0.721. The summed E-state index contributed by atoms with van der Waals surface area (Å²) in [5.41, 5.74) is 0. The van der Waals surface area contributed by atoms with E-state index in [4.69, 9.17) is 11.6 Å². The summed E-state index contributed by atoms with van der Waals surface area (Å²) in [7, 11) is 0. The molecule has 0 N–H and O–H groups in total. The van der Waals surface area contributed by atoms with Gasteiger partial charge in [0.15, 0.2) is 0 Å². The maximum absolute atomic E-state index is 12.5. The van der Waals surface area contributed by atoms with Gasteiger partial charge in [-0.05, 0) is 25.0 Å². The Balaban J connectivity index is 1.59. The Kier molecular flexibility index (Phi) is 5.16. The molecule has 0 radical (unpaired) electrons. The highest BCUT2D eigenvalue weighted by atomic mass is 35.5. The molecule has 0 atom stereocenters. The number of nitrogens with zero attached hydrogens (tertiary/aromatic N) is 3. The maximum Gasteiger partial charge on any atom is 0.406 e. The SMILES string of the molecule is O=C(c1ccc(Cl)s1)N1CCC(N2CC(=O)N(CC(F)(F)F)C2=O)CC1. The lowest BCUT2D eigenvalue weighted by atomic mass is 10.0. The van der Waals surface area contributed by atoms with E-state index in [1.54, 1.807) is 17.0 Å². The Morgan fingerprint density at radius 3 is 2.42 bits per heavy atom. The zero-order valence-electron chi connectivity index (χ0n) is 13.5. The fraction of sp³-hybridized carbons (Fsp3) is 0.533. The summed E-state index contributed by atoms with van der Waals surface area (Å²) >= 11 is 7.00. The molecule has 26 heavy (non-hydrogen) atoms. The summed E-state index contributed by atoms with van der Waals surface area (Å²) in [6.07, 6.45) is -3.81. The first-order chi connectivity index (χ1) is 12.2. The molecule has 2 aliphatic heterocycles. The van der Waals surface area contributed by atoms with Crippen LogP contribution in [0.4, 0.5) is 18.0 Å². The van der Waals surface area contributed by atoms with Crippen LogP contribution in [0.25, 0.3) is 0 Å². The number of urea groups is 1. The Morgan fingerprint density at radius 1 is 1.23 bits per heavy atom. The first kappa shape index (κ1) is 19.0. The summed E-state index contributed by atoms with van der Waals surface area (Å²) in [5, 5.41) is 0. The van der Waals surface area contributed by atoms with Crippen molar-refractivity contribution in [1.82, 2.24) is 14.7 Å². The molecule has 3 rings (SSSR count). The smallest absolute Gasteiger partial charge is 0.338 e. The molecular formula is C15H15ClF3N3O3S. The average molecular weight is 410 g/mol. The zero-order valence-corrected chi connectivity index (χ0v) is 15.0. The molecule has 2 fully saturated rings. The number of likely N-dealkylation sites (tertiary alicyclic amines) is 1. The van der Waals surface area contributed by atoms with Crippen LogP contribution in [0.15, 0.2) is 12.1 Å². The van der Waals surface area contributed by atoms with Crippen LogP contribution in [0.5, 0.6) is 0 Å². The lowest BCUT2D eigenvalue weighted by Crippen LogP contribution is -2.48. The van der Waals surface area contributed by atoms with Crippen molar-refractivity contribution in [2.75, 3.05) is 26.2 Å². The second-order valence-corrected chi connectivity index (χ2v) is 7.85. The van der Waals surface area contributed by atoms with Gasteiger partial charge in [-0.3, -0.25) is 14.5 Å². The van der Waals surface area contributed by atoms with Gasteiger partial charge in [0.05, 0.1) is 9.21 Å². The number of rotatable bonds is 3. The van der Waals surface area contributed by atoms with E-state index in [9.17, 15) is 27.6 Å². The highest BCUT2D eigenvalue weighted by Gasteiger charge is 2.45. The molecule has 6 nitrogen and oxygen atoms in total. The minimum Gasteiger partial charge on any atom is -0.338 e. The topological polar surface area (TPSA) is 60.9 Å². The minimum absolute atomic E-state index is 0.164. The normalized spacial score (nSPS) is 19.6. The third-order valence-electron chi connectivity index (χ3n) is 4.40. The van der Waals surface area contributed by atoms with Crippen molar-refractivity contribution < 1.29 is 27.6 Å². The molecule has 0 bridgehead atoms. The standard InChI is InChI=1S/C15H15ClF3N3O3S/c16-11-2-1-10(26-11)13(24)20-5-3-9(4-6-20)21-7-12(23)22(14(21)25)8-15(17,18)19/h1-2,9H,3-8H2. The van der Waals surface area contributed by atoms with Gasteiger partial charge in [-0.15, -0.1) is 11.3 Å². The van der Waals surface area contributed by atoms with E-state index in [0.717, 1.165) is 0 Å². The van der Waals surface area contributed by atoms with Crippen molar-refractivity contribution in [3.63, 3.8) is 0 Å². The van der Waals surface area contributed by atoms with E-state index >= 15 is 0 Å². The molecule has 1 aromatic heterocycles. The Morgan fingerprint density at radius 2 is 1.88 bits per heavy atom. The third-order valence-corrected chi connectivity index (χ3v) is 5.62. The molecule has 142 valence electrons. The number of carbonyl (C=O) groups excluding carboxylic acids is 3. The van der Waals surface area contributed by atoms with Crippen molar-refractivity contribution in [2.45, 2.75) is 25.1 Å².